The van der Waals surface area contributed by atoms with Gasteiger partial charge in [0, 0.05) is 41.4 Å². The van der Waals surface area contributed by atoms with Crippen LogP contribution in [-0.2, 0) is 6.54 Å². The summed E-state index contributed by atoms with van der Waals surface area (Å²) in [6.07, 6.45) is 2.15. The zero-order valence-electron chi connectivity index (χ0n) is 14.8. The molecule has 0 amide bonds. The minimum absolute atomic E-state index is 0.400. The summed E-state index contributed by atoms with van der Waals surface area (Å²) < 4.78 is 0. The number of hydrogen-bond donors (Lipinski definition) is 2. The van der Waals surface area contributed by atoms with Gasteiger partial charge in [0.1, 0.15) is 0 Å². The molecule has 3 nitrogen and oxygen atoms in total. The van der Waals surface area contributed by atoms with E-state index in [1.54, 1.807) is 0 Å². The highest BCUT2D eigenvalue weighted by molar-refractivity contribution is 7.80. The van der Waals surface area contributed by atoms with Crippen LogP contribution in [0.2, 0.25) is 10.0 Å². The lowest BCUT2D eigenvalue weighted by Gasteiger charge is -2.33. The van der Waals surface area contributed by atoms with Crippen molar-refractivity contribution in [3.63, 3.8) is 0 Å². The summed E-state index contributed by atoms with van der Waals surface area (Å²) >= 11 is 17.6. The number of likely N-dealkylation sites (tertiary alicyclic amines) is 1. The lowest BCUT2D eigenvalue weighted by atomic mass is 10.0. The maximum atomic E-state index is 6.16. The van der Waals surface area contributed by atoms with E-state index in [-0.39, 0.29) is 0 Å². The summed E-state index contributed by atoms with van der Waals surface area (Å²) in [5.74, 6) is 0. The molecule has 2 aromatic rings. The standard InChI is InChI=1S/C20H23Cl2N3S/c1-14-2-7-18(12-19(14)22)24-20(26)23-17-8-10-25(11-9-17)13-15-3-5-16(21)6-4-15/h2-7,12,17H,8-11,13H2,1H3,(H2,23,24,26). The lowest BCUT2D eigenvalue weighted by Crippen LogP contribution is -2.45. The second-order valence-corrected chi connectivity index (χ2v) is 7.99. The molecule has 0 bridgehead atoms. The van der Waals surface area contributed by atoms with E-state index in [1.807, 2.05) is 37.3 Å². The van der Waals surface area contributed by atoms with Gasteiger partial charge in [0.15, 0.2) is 5.11 Å². The van der Waals surface area contributed by atoms with Crippen molar-refractivity contribution >= 4 is 46.2 Å². The number of hydrogen-bond acceptors (Lipinski definition) is 2. The molecule has 0 radical (unpaired) electrons. The maximum Gasteiger partial charge on any atom is 0.170 e. The molecule has 6 heteroatoms. The van der Waals surface area contributed by atoms with Gasteiger partial charge in [-0.1, -0.05) is 41.4 Å². The number of halogens is 2. The molecular weight excluding hydrogens is 385 g/mol. The van der Waals surface area contributed by atoms with Crippen molar-refractivity contribution < 1.29 is 0 Å². The van der Waals surface area contributed by atoms with Crippen LogP contribution >= 0.6 is 35.4 Å². The van der Waals surface area contributed by atoms with Gasteiger partial charge in [-0.2, -0.15) is 0 Å². The first kappa shape index (κ1) is 19.4. The maximum absolute atomic E-state index is 6.16. The predicted octanol–water partition coefficient (Wildman–Crippen LogP) is 5.25. The molecule has 0 aliphatic carbocycles. The molecule has 0 saturated carbocycles. The zero-order valence-corrected chi connectivity index (χ0v) is 17.1. The van der Waals surface area contributed by atoms with Crippen molar-refractivity contribution in [3.8, 4) is 0 Å². The summed E-state index contributed by atoms with van der Waals surface area (Å²) in [6.45, 7) is 5.06. The quantitative estimate of drug-likeness (QED) is 0.676. The van der Waals surface area contributed by atoms with Crippen LogP contribution in [0.25, 0.3) is 0 Å². The first-order valence-corrected chi connectivity index (χ1v) is 9.96. The lowest BCUT2D eigenvalue weighted by molar-refractivity contribution is 0.199. The van der Waals surface area contributed by atoms with Gasteiger partial charge in [0.25, 0.3) is 0 Å². The Morgan fingerprint density at radius 2 is 1.81 bits per heavy atom. The second-order valence-electron chi connectivity index (χ2n) is 6.74. The van der Waals surface area contributed by atoms with Crippen LogP contribution in [0, 0.1) is 6.92 Å². The van der Waals surface area contributed by atoms with Gasteiger partial charge in [-0.3, -0.25) is 4.90 Å². The summed E-state index contributed by atoms with van der Waals surface area (Å²) in [7, 11) is 0. The molecule has 0 spiro atoms. The smallest absolute Gasteiger partial charge is 0.170 e. The Morgan fingerprint density at radius 3 is 2.46 bits per heavy atom. The van der Waals surface area contributed by atoms with Crippen molar-refractivity contribution in [1.82, 2.24) is 10.2 Å². The molecule has 0 atom stereocenters. The Morgan fingerprint density at radius 1 is 1.12 bits per heavy atom. The molecule has 1 aliphatic heterocycles. The molecule has 138 valence electrons. The van der Waals surface area contributed by atoms with Gasteiger partial charge in [0.2, 0.25) is 0 Å². The summed E-state index contributed by atoms with van der Waals surface area (Å²) in [4.78, 5) is 2.47. The van der Waals surface area contributed by atoms with Crippen LogP contribution in [0.1, 0.15) is 24.0 Å². The number of nitrogens with zero attached hydrogens (tertiary/aromatic N) is 1. The van der Waals surface area contributed by atoms with E-state index in [0.717, 1.165) is 53.8 Å². The number of rotatable bonds is 4. The monoisotopic (exact) mass is 407 g/mol. The van der Waals surface area contributed by atoms with E-state index in [0.29, 0.717) is 11.2 Å². The van der Waals surface area contributed by atoms with Crippen molar-refractivity contribution in [1.29, 1.82) is 0 Å². The summed E-state index contributed by atoms with van der Waals surface area (Å²) in [6, 6.07) is 14.4. The third kappa shape index (κ3) is 5.58. The van der Waals surface area contributed by atoms with E-state index in [4.69, 9.17) is 35.4 Å². The molecule has 1 fully saturated rings. The van der Waals surface area contributed by atoms with Crippen LogP contribution < -0.4 is 10.6 Å². The van der Waals surface area contributed by atoms with Crippen molar-refractivity contribution in [3.05, 3.63) is 63.6 Å². The minimum atomic E-state index is 0.400. The second kappa shape index (κ2) is 9.05. The molecule has 2 N–H and O–H groups in total. The van der Waals surface area contributed by atoms with Crippen molar-refractivity contribution in [2.24, 2.45) is 0 Å². The summed E-state index contributed by atoms with van der Waals surface area (Å²) in [5.41, 5.74) is 3.27. The van der Waals surface area contributed by atoms with E-state index < -0.39 is 0 Å². The normalized spacial score (nSPS) is 15.7. The molecule has 26 heavy (non-hydrogen) atoms. The van der Waals surface area contributed by atoms with Gasteiger partial charge in [-0.15, -0.1) is 0 Å². The summed E-state index contributed by atoms with van der Waals surface area (Å²) in [5, 5.41) is 8.83. The van der Waals surface area contributed by atoms with Gasteiger partial charge < -0.3 is 10.6 Å². The third-order valence-electron chi connectivity index (χ3n) is 4.67. The van der Waals surface area contributed by atoms with Gasteiger partial charge >= 0.3 is 0 Å². The fourth-order valence-corrected chi connectivity index (χ4v) is 3.70. The first-order valence-electron chi connectivity index (χ1n) is 8.80. The fourth-order valence-electron chi connectivity index (χ4n) is 3.11. The van der Waals surface area contributed by atoms with E-state index in [1.165, 1.54) is 5.56 Å². The largest absolute Gasteiger partial charge is 0.360 e. The minimum Gasteiger partial charge on any atom is -0.360 e. The topological polar surface area (TPSA) is 27.3 Å². The van der Waals surface area contributed by atoms with Crippen LogP contribution in [0.3, 0.4) is 0 Å². The van der Waals surface area contributed by atoms with Crippen LogP contribution in [0.4, 0.5) is 5.69 Å². The molecule has 3 rings (SSSR count). The predicted molar refractivity (Wildman–Crippen MR) is 115 cm³/mol. The third-order valence-corrected chi connectivity index (χ3v) is 5.55. The molecule has 2 aromatic carbocycles. The van der Waals surface area contributed by atoms with E-state index in [9.17, 15) is 0 Å². The SMILES string of the molecule is Cc1ccc(NC(=S)NC2CCN(Cc3ccc(Cl)cc3)CC2)cc1Cl. The van der Waals surface area contributed by atoms with Gasteiger partial charge in [0.05, 0.1) is 0 Å². The molecule has 0 aromatic heterocycles. The Hall–Kier alpha value is -1.33. The number of anilines is 1. The number of piperidine rings is 1. The number of benzene rings is 2. The highest BCUT2D eigenvalue weighted by Gasteiger charge is 2.19. The number of nitrogens with one attached hydrogen (secondary N) is 2. The Kier molecular flexibility index (Phi) is 6.76. The fraction of sp³-hybridized carbons (Fsp3) is 0.350. The van der Waals surface area contributed by atoms with Crippen LogP contribution in [-0.4, -0.2) is 29.1 Å². The molecule has 0 unspecified atom stereocenters. The molecule has 1 aliphatic rings. The average Bonchev–Trinajstić information content (AvgIpc) is 2.62. The van der Waals surface area contributed by atoms with E-state index in [2.05, 4.69) is 27.7 Å². The zero-order chi connectivity index (χ0) is 18.5. The Balaban J connectivity index is 1.43. The van der Waals surface area contributed by atoms with E-state index >= 15 is 0 Å². The molecule has 1 saturated heterocycles. The Labute approximate surface area is 170 Å². The highest BCUT2D eigenvalue weighted by atomic mass is 35.5. The molecular formula is C20H23Cl2N3S. The van der Waals surface area contributed by atoms with Gasteiger partial charge in [-0.05, 0) is 67.4 Å². The van der Waals surface area contributed by atoms with Crippen LogP contribution in [0.15, 0.2) is 42.5 Å². The number of aryl methyl sites for hydroxylation is 1. The average molecular weight is 408 g/mol. The molecule has 1 heterocycles. The highest BCUT2D eigenvalue weighted by Crippen LogP contribution is 2.20. The Bertz CT molecular complexity index is 756. The van der Waals surface area contributed by atoms with Crippen molar-refractivity contribution in [2.75, 3.05) is 18.4 Å². The van der Waals surface area contributed by atoms with Crippen molar-refractivity contribution in [2.45, 2.75) is 32.4 Å². The number of thiocarbonyl (C=S) groups is 1. The van der Waals surface area contributed by atoms with Gasteiger partial charge in [-0.25, -0.2) is 0 Å². The first-order chi connectivity index (χ1) is 12.5. The van der Waals surface area contributed by atoms with Crippen LogP contribution in [0.5, 0.6) is 0 Å².